The van der Waals surface area contributed by atoms with Crippen molar-refractivity contribution in [3.05, 3.63) is 53.3 Å². The Bertz CT molecular complexity index is 705. The van der Waals surface area contributed by atoms with Crippen LogP contribution in [0.2, 0.25) is 5.02 Å². The van der Waals surface area contributed by atoms with Crippen molar-refractivity contribution in [3.63, 3.8) is 0 Å². The first-order valence-corrected chi connectivity index (χ1v) is 8.73. The van der Waals surface area contributed by atoms with E-state index < -0.39 is 0 Å². The second kappa shape index (κ2) is 7.67. The molecule has 1 N–H and O–H groups in total. The van der Waals surface area contributed by atoms with Crippen molar-refractivity contribution in [3.8, 4) is 0 Å². The molecule has 0 radical (unpaired) electrons. The molecule has 1 aliphatic rings. The van der Waals surface area contributed by atoms with Crippen LogP contribution in [0.5, 0.6) is 0 Å². The molecule has 1 aliphatic heterocycles. The Kier molecular flexibility index (Phi) is 5.36. The number of amides is 1. The lowest BCUT2D eigenvalue weighted by molar-refractivity contribution is -0.115. The number of halogens is 1. The van der Waals surface area contributed by atoms with E-state index in [1.54, 1.807) is 12.4 Å². The SMILES string of the molecule is CC1CCCN(c2ccc(Cl)cc2NC(=O)Cc2cccnc2)C1. The third kappa shape index (κ3) is 4.26. The number of pyridine rings is 1. The Labute approximate surface area is 147 Å². The molecule has 0 spiro atoms. The molecule has 0 aliphatic carbocycles. The predicted molar refractivity (Wildman–Crippen MR) is 98.6 cm³/mol. The molecule has 1 atom stereocenters. The minimum Gasteiger partial charge on any atom is -0.370 e. The van der Waals surface area contributed by atoms with E-state index in [2.05, 4.69) is 22.1 Å². The Morgan fingerprint density at radius 1 is 1.42 bits per heavy atom. The first-order chi connectivity index (χ1) is 11.6. The second-order valence-electron chi connectivity index (χ2n) is 6.44. The van der Waals surface area contributed by atoms with Gasteiger partial charge in [-0.15, -0.1) is 0 Å². The van der Waals surface area contributed by atoms with Crippen LogP contribution >= 0.6 is 11.6 Å². The monoisotopic (exact) mass is 343 g/mol. The van der Waals surface area contributed by atoms with Crippen LogP contribution in [0.3, 0.4) is 0 Å². The highest BCUT2D eigenvalue weighted by molar-refractivity contribution is 6.31. The molecule has 1 unspecified atom stereocenters. The van der Waals surface area contributed by atoms with E-state index in [-0.39, 0.29) is 5.91 Å². The van der Waals surface area contributed by atoms with Gasteiger partial charge in [-0.3, -0.25) is 9.78 Å². The van der Waals surface area contributed by atoms with E-state index in [9.17, 15) is 4.79 Å². The number of hydrogen-bond acceptors (Lipinski definition) is 3. The number of carbonyl (C=O) groups excluding carboxylic acids is 1. The third-order valence-corrected chi connectivity index (χ3v) is 4.55. The Morgan fingerprint density at radius 2 is 2.29 bits per heavy atom. The van der Waals surface area contributed by atoms with Crippen LogP contribution < -0.4 is 10.2 Å². The van der Waals surface area contributed by atoms with Gasteiger partial charge in [0, 0.05) is 30.5 Å². The van der Waals surface area contributed by atoms with Crippen molar-refractivity contribution in [1.29, 1.82) is 0 Å². The summed E-state index contributed by atoms with van der Waals surface area (Å²) in [5.41, 5.74) is 2.72. The van der Waals surface area contributed by atoms with Crippen LogP contribution in [0.25, 0.3) is 0 Å². The molecule has 5 heteroatoms. The second-order valence-corrected chi connectivity index (χ2v) is 6.88. The highest BCUT2D eigenvalue weighted by Gasteiger charge is 2.20. The number of benzene rings is 1. The van der Waals surface area contributed by atoms with Crippen LogP contribution in [0, 0.1) is 5.92 Å². The van der Waals surface area contributed by atoms with Crippen LogP contribution in [0.15, 0.2) is 42.7 Å². The number of rotatable bonds is 4. The Balaban J connectivity index is 1.76. The number of hydrogen-bond donors (Lipinski definition) is 1. The van der Waals surface area contributed by atoms with E-state index in [0.29, 0.717) is 17.4 Å². The van der Waals surface area contributed by atoms with Crippen molar-refractivity contribution >= 4 is 28.9 Å². The summed E-state index contributed by atoms with van der Waals surface area (Å²) in [6, 6.07) is 9.45. The van der Waals surface area contributed by atoms with Gasteiger partial charge < -0.3 is 10.2 Å². The summed E-state index contributed by atoms with van der Waals surface area (Å²) in [5, 5.41) is 3.64. The highest BCUT2D eigenvalue weighted by atomic mass is 35.5. The van der Waals surface area contributed by atoms with Gasteiger partial charge in [0.1, 0.15) is 0 Å². The maximum atomic E-state index is 12.4. The summed E-state index contributed by atoms with van der Waals surface area (Å²) < 4.78 is 0. The van der Waals surface area contributed by atoms with Gasteiger partial charge in [0.15, 0.2) is 0 Å². The maximum absolute atomic E-state index is 12.4. The number of nitrogens with one attached hydrogen (secondary N) is 1. The maximum Gasteiger partial charge on any atom is 0.228 e. The molecular weight excluding hydrogens is 322 g/mol. The van der Waals surface area contributed by atoms with Gasteiger partial charge in [-0.05, 0) is 48.6 Å². The van der Waals surface area contributed by atoms with Gasteiger partial charge in [-0.2, -0.15) is 0 Å². The zero-order valence-electron chi connectivity index (χ0n) is 13.8. The van der Waals surface area contributed by atoms with Gasteiger partial charge in [0.2, 0.25) is 5.91 Å². The summed E-state index contributed by atoms with van der Waals surface area (Å²) in [5.74, 6) is 0.602. The van der Waals surface area contributed by atoms with Crippen LogP contribution in [0.4, 0.5) is 11.4 Å². The van der Waals surface area contributed by atoms with Crippen molar-refractivity contribution in [1.82, 2.24) is 4.98 Å². The van der Waals surface area contributed by atoms with Crippen LogP contribution in [0.1, 0.15) is 25.3 Å². The lowest BCUT2D eigenvalue weighted by atomic mass is 9.99. The third-order valence-electron chi connectivity index (χ3n) is 4.32. The fraction of sp³-hybridized carbons (Fsp3) is 0.368. The fourth-order valence-electron chi connectivity index (χ4n) is 3.17. The Hall–Kier alpha value is -2.07. The molecular formula is C19H22ClN3O. The van der Waals surface area contributed by atoms with Crippen LogP contribution in [-0.4, -0.2) is 24.0 Å². The van der Waals surface area contributed by atoms with Crippen molar-refractivity contribution in [2.45, 2.75) is 26.2 Å². The van der Waals surface area contributed by atoms with Gasteiger partial charge >= 0.3 is 0 Å². The lowest BCUT2D eigenvalue weighted by Gasteiger charge is -2.34. The number of anilines is 2. The molecule has 2 heterocycles. The number of nitrogens with zero attached hydrogens (tertiary/aromatic N) is 2. The molecule has 1 aromatic heterocycles. The van der Waals surface area contributed by atoms with Gasteiger partial charge in [-0.25, -0.2) is 0 Å². The molecule has 2 aromatic rings. The average Bonchev–Trinajstić information content (AvgIpc) is 2.56. The van der Waals surface area contributed by atoms with E-state index in [1.165, 1.54) is 12.8 Å². The number of carbonyl (C=O) groups is 1. The molecule has 1 amide bonds. The summed E-state index contributed by atoms with van der Waals surface area (Å²) in [6.45, 7) is 4.29. The van der Waals surface area contributed by atoms with Crippen molar-refractivity contribution < 1.29 is 4.79 Å². The quantitative estimate of drug-likeness (QED) is 0.906. The molecule has 1 saturated heterocycles. The lowest BCUT2D eigenvalue weighted by Crippen LogP contribution is -2.35. The standard InChI is InChI=1S/C19H22ClN3O/c1-14-4-3-9-23(13-14)18-7-6-16(20)11-17(18)22-19(24)10-15-5-2-8-21-12-15/h2,5-8,11-12,14H,3-4,9-10,13H2,1H3,(H,22,24). The Morgan fingerprint density at radius 3 is 3.04 bits per heavy atom. The highest BCUT2D eigenvalue weighted by Crippen LogP contribution is 2.32. The molecule has 126 valence electrons. The minimum absolute atomic E-state index is 0.0587. The minimum atomic E-state index is -0.0587. The average molecular weight is 344 g/mol. The topological polar surface area (TPSA) is 45.2 Å². The van der Waals surface area contributed by atoms with Gasteiger partial charge in [0.25, 0.3) is 0 Å². The molecule has 0 bridgehead atoms. The zero-order chi connectivity index (χ0) is 16.9. The molecule has 0 saturated carbocycles. The number of piperidine rings is 1. The summed E-state index contributed by atoms with van der Waals surface area (Å²) in [6.07, 6.45) is 6.15. The number of aromatic nitrogens is 1. The first kappa shape index (κ1) is 16.8. The van der Waals surface area contributed by atoms with E-state index in [4.69, 9.17) is 11.6 Å². The van der Waals surface area contributed by atoms with E-state index in [1.807, 2.05) is 30.3 Å². The van der Waals surface area contributed by atoms with Crippen LogP contribution in [-0.2, 0) is 11.2 Å². The smallest absolute Gasteiger partial charge is 0.228 e. The molecule has 24 heavy (non-hydrogen) atoms. The molecule has 4 nitrogen and oxygen atoms in total. The summed E-state index contributed by atoms with van der Waals surface area (Å²) in [7, 11) is 0. The van der Waals surface area contributed by atoms with E-state index >= 15 is 0 Å². The van der Waals surface area contributed by atoms with Gasteiger partial charge in [-0.1, -0.05) is 24.6 Å². The largest absolute Gasteiger partial charge is 0.370 e. The molecule has 3 rings (SSSR count). The van der Waals surface area contributed by atoms with E-state index in [0.717, 1.165) is 30.0 Å². The first-order valence-electron chi connectivity index (χ1n) is 8.35. The normalized spacial score (nSPS) is 17.6. The zero-order valence-corrected chi connectivity index (χ0v) is 14.6. The summed E-state index contributed by atoms with van der Waals surface area (Å²) >= 11 is 6.15. The molecule has 1 aromatic carbocycles. The van der Waals surface area contributed by atoms with Gasteiger partial charge in [0.05, 0.1) is 17.8 Å². The predicted octanol–water partition coefficient (Wildman–Crippen LogP) is 4.15. The molecule has 1 fully saturated rings. The van der Waals surface area contributed by atoms with Crippen molar-refractivity contribution in [2.24, 2.45) is 5.92 Å². The van der Waals surface area contributed by atoms with Crippen molar-refractivity contribution in [2.75, 3.05) is 23.3 Å². The fourth-order valence-corrected chi connectivity index (χ4v) is 3.35. The summed E-state index contributed by atoms with van der Waals surface area (Å²) in [4.78, 5) is 18.8.